The average Bonchev–Trinajstić information content (AvgIpc) is 2.37. The van der Waals surface area contributed by atoms with Crippen molar-refractivity contribution >= 4 is 6.29 Å². The van der Waals surface area contributed by atoms with E-state index in [1.807, 2.05) is 27.7 Å². The molecule has 1 rings (SSSR count). The molecule has 0 N–H and O–H groups in total. The van der Waals surface area contributed by atoms with Crippen molar-refractivity contribution in [2.75, 3.05) is 14.2 Å². The van der Waals surface area contributed by atoms with Crippen LogP contribution in [0.15, 0.2) is 6.07 Å². The normalized spacial score (nSPS) is 10.6. The molecule has 0 heterocycles. The van der Waals surface area contributed by atoms with Gasteiger partial charge in [-0.25, -0.2) is 0 Å². The maximum Gasteiger partial charge on any atom is 0.204 e. The third kappa shape index (κ3) is 3.56. The Morgan fingerprint density at radius 2 is 1.50 bits per heavy atom. The maximum atomic E-state index is 11.4. The van der Waals surface area contributed by atoms with Crippen molar-refractivity contribution < 1.29 is 23.7 Å². The third-order valence-corrected chi connectivity index (χ3v) is 2.46. The topological polar surface area (TPSA) is 54.0 Å². The van der Waals surface area contributed by atoms with Crippen molar-refractivity contribution in [1.29, 1.82) is 0 Å². The van der Waals surface area contributed by atoms with Crippen molar-refractivity contribution in [2.45, 2.75) is 39.9 Å². The van der Waals surface area contributed by atoms with Gasteiger partial charge >= 0.3 is 0 Å². The molecule has 0 fully saturated rings. The highest BCUT2D eigenvalue weighted by molar-refractivity contribution is 5.87. The fourth-order valence-corrected chi connectivity index (χ4v) is 1.77. The molecule has 5 nitrogen and oxygen atoms in total. The molecule has 1 aromatic rings. The second-order valence-corrected chi connectivity index (χ2v) is 4.80. The lowest BCUT2D eigenvalue weighted by Crippen LogP contribution is -2.12. The molecule has 0 amide bonds. The van der Waals surface area contributed by atoms with Crippen molar-refractivity contribution in [3.05, 3.63) is 11.6 Å². The average molecular weight is 282 g/mol. The summed E-state index contributed by atoms with van der Waals surface area (Å²) in [4.78, 5) is 11.4. The first-order valence-electron chi connectivity index (χ1n) is 6.52. The van der Waals surface area contributed by atoms with Gasteiger partial charge in [-0.05, 0) is 27.7 Å². The van der Waals surface area contributed by atoms with Crippen LogP contribution in [0.1, 0.15) is 38.1 Å². The summed E-state index contributed by atoms with van der Waals surface area (Å²) in [6.45, 7) is 7.51. The van der Waals surface area contributed by atoms with Crippen LogP contribution in [0.25, 0.3) is 0 Å². The summed E-state index contributed by atoms with van der Waals surface area (Å²) in [6, 6.07) is 1.63. The molecule has 20 heavy (non-hydrogen) atoms. The molecule has 0 atom stereocenters. The predicted molar refractivity (Wildman–Crippen MR) is 76.5 cm³/mol. The summed E-state index contributed by atoms with van der Waals surface area (Å²) in [5.74, 6) is 1.61. The molecule has 0 saturated carbocycles. The number of carbonyl (C=O) groups is 1. The number of methoxy groups -OCH3 is 2. The number of aldehydes is 1. The van der Waals surface area contributed by atoms with E-state index in [4.69, 9.17) is 18.9 Å². The van der Waals surface area contributed by atoms with Crippen LogP contribution in [0, 0.1) is 0 Å². The van der Waals surface area contributed by atoms with Gasteiger partial charge in [-0.3, -0.25) is 4.79 Å². The van der Waals surface area contributed by atoms with Crippen LogP contribution < -0.4 is 18.9 Å². The quantitative estimate of drug-likeness (QED) is 0.719. The van der Waals surface area contributed by atoms with E-state index >= 15 is 0 Å². The van der Waals surface area contributed by atoms with Crippen LogP contribution in [0.5, 0.6) is 23.0 Å². The standard InChI is InChI=1S/C15H22O5/c1-9(2)19-12-7-13(17-5)15(18-6)14(11(12)8-16)20-10(3)4/h7-10H,1-6H3. The zero-order valence-electron chi connectivity index (χ0n) is 12.9. The summed E-state index contributed by atoms with van der Waals surface area (Å²) in [7, 11) is 3.03. The lowest BCUT2D eigenvalue weighted by atomic mass is 10.1. The van der Waals surface area contributed by atoms with E-state index in [1.54, 1.807) is 6.07 Å². The van der Waals surface area contributed by atoms with Crippen molar-refractivity contribution in [3.63, 3.8) is 0 Å². The van der Waals surface area contributed by atoms with Gasteiger partial charge in [0.15, 0.2) is 17.8 Å². The lowest BCUT2D eigenvalue weighted by molar-refractivity contribution is 0.111. The maximum absolute atomic E-state index is 11.4. The van der Waals surface area contributed by atoms with Gasteiger partial charge in [-0.2, -0.15) is 0 Å². The Bertz CT molecular complexity index is 466. The number of rotatable bonds is 7. The molecule has 0 bridgehead atoms. The highest BCUT2D eigenvalue weighted by Crippen LogP contribution is 2.45. The van der Waals surface area contributed by atoms with Gasteiger partial charge in [0.25, 0.3) is 0 Å². The van der Waals surface area contributed by atoms with E-state index in [-0.39, 0.29) is 12.2 Å². The minimum Gasteiger partial charge on any atom is -0.493 e. The van der Waals surface area contributed by atoms with Crippen molar-refractivity contribution in [1.82, 2.24) is 0 Å². The van der Waals surface area contributed by atoms with Crippen LogP contribution in [-0.4, -0.2) is 32.7 Å². The Labute approximate surface area is 119 Å². The van der Waals surface area contributed by atoms with Gasteiger partial charge < -0.3 is 18.9 Å². The fourth-order valence-electron chi connectivity index (χ4n) is 1.77. The van der Waals surface area contributed by atoms with Gasteiger partial charge in [0.05, 0.1) is 26.4 Å². The fraction of sp³-hybridized carbons (Fsp3) is 0.533. The Morgan fingerprint density at radius 3 is 1.90 bits per heavy atom. The van der Waals surface area contributed by atoms with Crippen LogP contribution in [0.4, 0.5) is 0 Å². The van der Waals surface area contributed by atoms with Crippen LogP contribution in [0.2, 0.25) is 0 Å². The predicted octanol–water partition coefficient (Wildman–Crippen LogP) is 3.09. The first-order valence-corrected chi connectivity index (χ1v) is 6.52. The second-order valence-electron chi connectivity index (χ2n) is 4.80. The minimum absolute atomic E-state index is 0.0706. The summed E-state index contributed by atoms with van der Waals surface area (Å²) in [5, 5.41) is 0. The Hall–Kier alpha value is -1.91. The Morgan fingerprint density at radius 1 is 0.900 bits per heavy atom. The first kappa shape index (κ1) is 16.1. The van der Waals surface area contributed by atoms with E-state index in [0.29, 0.717) is 34.8 Å². The minimum atomic E-state index is -0.110. The van der Waals surface area contributed by atoms with Gasteiger partial charge in [0.2, 0.25) is 5.75 Å². The molecule has 0 radical (unpaired) electrons. The molecule has 1 aromatic carbocycles. The molecule has 0 saturated heterocycles. The van der Waals surface area contributed by atoms with E-state index in [2.05, 4.69) is 0 Å². The highest BCUT2D eigenvalue weighted by Gasteiger charge is 2.23. The third-order valence-electron chi connectivity index (χ3n) is 2.46. The summed E-state index contributed by atoms with van der Waals surface area (Å²) < 4.78 is 21.9. The molecule has 0 spiro atoms. The van der Waals surface area contributed by atoms with Crippen LogP contribution in [0.3, 0.4) is 0 Å². The molecule has 0 aliphatic rings. The number of hydrogen-bond donors (Lipinski definition) is 0. The number of benzene rings is 1. The summed E-state index contributed by atoms with van der Waals surface area (Å²) in [6.07, 6.45) is 0.525. The van der Waals surface area contributed by atoms with E-state index in [1.165, 1.54) is 14.2 Å². The molecular weight excluding hydrogens is 260 g/mol. The van der Waals surface area contributed by atoms with Gasteiger partial charge in [0.1, 0.15) is 11.3 Å². The molecule has 0 unspecified atom stereocenters. The van der Waals surface area contributed by atoms with Gasteiger partial charge in [0, 0.05) is 6.07 Å². The molecular formula is C15H22O5. The monoisotopic (exact) mass is 282 g/mol. The summed E-state index contributed by atoms with van der Waals surface area (Å²) >= 11 is 0. The zero-order valence-corrected chi connectivity index (χ0v) is 12.9. The summed E-state index contributed by atoms with van der Waals surface area (Å²) in [5.41, 5.74) is 0.324. The largest absolute Gasteiger partial charge is 0.493 e. The lowest BCUT2D eigenvalue weighted by Gasteiger charge is -2.21. The highest BCUT2D eigenvalue weighted by atomic mass is 16.5. The van der Waals surface area contributed by atoms with E-state index in [9.17, 15) is 4.79 Å². The molecule has 0 aromatic heterocycles. The Kier molecular flexibility index (Phi) is 5.67. The van der Waals surface area contributed by atoms with E-state index in [0.717, 1.165) is 0 Å². The van der Waals surface area contributed by atoms with Crippen molar-refractivity contribution in [2.24, 2.45) is 0 Å². The molecule has 5 heteroatoms. The van der Waals surface area contributed by atoms with E-state index < -0.39 is 0 Å². The molecule has 112 valence electrons. The molecule has 0 aliphatic carbocycles. The van der Waals surface area contributed by atoms with Gasteiger partial charge in [-0.1, -0.05) is 0 Å². The zero-order chi connectivity index (χ0) is 15.3. The van der Waals surface area contributed by atoms with Crippen LogP contribution >= 0.6 is 0 Å². The smallest absolute Gasteiger partial charge is 0.204 e. The number of carbonyl (C=O) groups excluding carboxylic acids is 1. The molecule has 0 aliphatic heterocycles. The number of ether oxygens (including phenoxy) is 4. The second kappa shape index (κ2) is 7.03. The SMILES string of the molecule is COc1cc(OC(C)C)c(C=O)c(OC(C)C)c1OC. The van der Waals surface area contributed by atoms with Crippen LogP contribution in [-0.2, 0) is 0 Å². The van der Waals surface area contributed by atoms with Crippen molar-refractivity contribution in [3.8, 4) is 23.0 Å². The van der Waals surface area contributed by atoms with Gasteiger partial charge in [-0.15, -0.1) is 0 Å². The Balaban J connectivity index is 3.50. The number of hydrogen-bond acceptors (Lipinski definition) is 5. The first-order chi connectivity index (χ1) is 9.44.